The van der Waals surface area contributed by atoms with Crippen LogP contribution in [-0.2, 0) is 6.42 Å². The Balaban J connectivity index is 2.89. The molecule has 1 rings (SSSR count). The van der Waals surface area contributed by atoms with Crippen molar-refractivity contribution in [3.8, 4) is 0 Å². The molecule has 0 saturated heterocycles. The van der Waals surface area contributed by atoms with Crippen molar-refractivity contribution >= 4 is 0 Å². The number of hydrogen-bond acceptors (Lipinski definition) is 0. The van der Waals surface area contributed by atoms with Crippen LogP contribution < -0.4 is 0 Å². The lowest BCUT2D eigenvalue weighted by Gasteiger charge is -2.15. The summed E-state index contributed by atoms with van der Waals surface area (Å²) >= 11 is 0. The van der Waals surface area contributed by atoms with Gasteiger partial charge in [0.15, 0.2) is 0 Å². The van der Waals surface area contributed by atoms with E-state index in [1.807, 2.05) is 13.0 Å². The number of aryl methyl sites for hydroxylation is 1. The van der Waals surface area contributed by atoms with Crippen LogP contribution in [0.1, 0.15) is 57.1 Å². The molecular weight excluding hydrogens is 187 g/mol. The number of benzene rings is 1. The minimum atomic E-state index is -0.0375. The summed E-state index contributed by atoms with van der Waals surface area (Å²) in [6.07, 6.45) is 4.19. The fourth-order valence-corrected chi connectivity index (χ4v) is 2.06. The molecule has 1 atom stereocenters. The average molecular weight is 208 g/mol. The molecule has 0 N–H and O–H groups in total. The second-order valence-corrected chi connectivity index (χ2v) is 4.10. The molecule has 0 spiro atoms. The van der Waals surface area contributed by atoms with Crippen molar-refractivity contribution in [2.45, 2.75) is 52.4 Å². The molecule has 15 heavy (non-hydrogen) atoms. The van der Waals surface area contributed by atoms with Crippen LogP contribution in [0, 0.1) is 5.82 Å². The zero-order valence-corrected chi connectivity index (χ0v) is 10.0. The van der Waals surface area contributed by atoms with Gasteiger partial charge in [0, 0.05) is 0 Å². The Bertz CT molecular complexity index is 304. The van der Waals surface area contributed by atoms with Crippen molar-refractivity contribution in [3.63, 3.8) is 0 Å². The summed E-state index contributed by atoms with van der Waals surface area (Å²) in [4.78, 5) is 0. The number of rotatable bonds is 5. The number of halogens is 1. The van der Waals surface area contributed by atoms with Gasteiger partial charge in [-0.15, -0.1) is 0 Å². The maximum atomic E-state index is 13.6. The first-order chi connectivity index (χ1) is 7.22. The highest BCUT2D eigenvalue weighted by Gasteiger charge is 2.10. The average Bonchev–Trinajstić information content (AvgIpc) is 2.25. The molecule has 0 aliphatic rings. The Morgan fingerprint density at radius 1 is 1.20 bits per heavy atom. The van der Waals surface area contributed by atoms with E-state index in [-0.39, 0.29) is 5.82 Å². The SMILES string of the molecule is CCCC(CC)c1ccc(CC)c(F)c1. The van der Waals surface area contributed by atoms with Gasteiger partial charge in [-0.25, -0.2) is 4.39 Å². The molecule has 0 nitrogen and oxygen atoms in total. The maximum Gasteiger partial charge on any atom is 0.126 e. The lowest BCUT2D eigenvalue weighted by atomic mass is 9.91. The maximum absolute atomic E-state index is 13.6. The lowest BCUT2D eigenvalue weighted by molar-refractivity contribution is 0.576. The largest absolute Gasteiger partial charge is 0.207 e. The van der Waals surface area contributed by atoms with E-state index in [4.69, 9.17) is 0 Å². The van der Waals surface area contributed by atoms with Crippen LogP contribution in [-0.4, -0.2) is 0 Å². The Morgan fingerprint density at radius 2 is 1.93 bits per heavy atom. The van der Waals surface area contributed by atoms with Crippen molar-refractivity contribution in [3.05, 3.63) is 35.1 Å². The summed E-state index contributed by atoms with van der Waals surface area (Å²) in [5.74, 6) is 0.486. The minimum absolute atomic E-state index is 0.0375. The standard InChI is InChI=1S/C14H21F/c1-4-7-11(5-2)13-9-8-12(6-3)14(15)10-13/h8-11H,4-7H2,1-3H3. The summed E-state index contributed by atoms with van der Waals surface area (Å²) in [6, 6.07) is 5.75. The summed E-state index contributed by atoms with van der Waals surface area (Å²) in [5.41, 5.74) is 1.99. The van der Waals surface area contributed by atoms with Crippen molar-refractivity contribution in [2.24, 2.45) is 0 Å². The molecular formula is C14H21F. The van der Waals surface area contributed by atoms with Crippen molar-refractivity contribution in [2.75, 3.05) is 0 Å². The van der Waals surface area contributed by atoms with E-state index in [0.717, 1.165) is 36.8 Å². The van der Waals surface area contributed by atoms with Gasteiger partial charge >= 0.3 is 0 Å². The predicted molar refractivity (Wildman–Crippen MR) is 63.7 cm³/mol. The van der Waals surface area contributed by atoms with Gasteiger partial charge in [-0.3, -0.25) is 0 Å². The Labute approximate surface area is 92.5 Å². The van der Waals surface area contributed by atoms with E-state index in [0.29, 0.717) is 5.92 Å². The van der Waals surface area contributed by atoms with E-state index in [2.05, 4.69) is 19.9 Å². The molecule has 0 aliphatic carbocycles. The molecule has 84 valence electrons. The molecule has 0 saturated carbocycles. The zero-order chi connectivity index (χ0) is 11.3. The Kier molecular flexibility index (Phi) is 4.80. The van der Waals surface area contributed by atoms with Crippen LogP contribution in [0.3, 0.4) is 0 Å². The Morgan fingerprint density at radius 3 is 2.40 bits per heavy atom. The van der Waals surface area contributed by atoms with Gasteiger partial charge in [0.2, 0.25) is 0 Å². The molecule has 0 aliphatic heterocycles. The van der Waals surface area contributed by atoms with E-state index in [1.165, 1.54) is 0 Å². The summed E-state index contributed by atoms with van der Waals surface area (Å²) < 4.78 is 13.6. The molecule has 0 fully saturated rings. The third kappa shape index (κ3) is 3.05. The van der Waals surface area contributed by atoms with E-state index in [1.54, 1.807) is 6.07 Å². The predicted octanol–water partition coefficient (Wildman–Crippen LogP) is 4.68. The Hall–Kier alpha value is -0.850. The molecule has 0 aromatic heterocycles. The first-order valence-corrected chi connectivity index (χ1v) is 6.01. The molecule has 0 heterocycles. The van der Waals surface area contributed by atoms with Crippen LogP contribution >= 0.6 is 0 Å². The molecule has 1 heteroatoms. The van der Waals surface area contributed by atoms with Crippen molar-refractivity contribution in [1.82, 2.24) is 0 Å². The van der Waals surface area contributed by atoms with E-state index in [9.17, 15) is 4.39 Å². The van der Waals surface area contributed by atoms with Gasteiger partial charge in [-0.05, 0) is 42.4 Å². The summed E-state index contributed by atoms with van der Waals surface area (Å²) in [7, 11) is 0. The van der Waals surface area contributed by atoms with Gasteiger partial charge < -0.3 is 0 Å². The first kappa shape index (κ1) is 12.2. The molecule has 1 aromatic rings. The summed E-state index contributed by atoms with van der Waals surface area (Å²) in [6.45, 7) is 6.34. The lowest BCUT2D eigenvalue weighted by Crippen LogP contribution is -1.99. The summed E-state index contributed by atoms with van der Waals surface area (Å²) in [5, 5.41) is 0. The highest BCUT2D eigenvalue weighted by Crippen LogP contribution is 2.26. The third-order valence-corrected chi connectivity index (χ3v) is 3.06. The van der Waals surface area contributed by atoms with Crippen LogP contribution in [0.5, 0.6) is 0 Å². The highest BCUT2D eigenvalue weighted by molar-refractivity contribution is 5.27. The molecule has 1 aromatic carbocycles. The quantitative estimate of drug-likeness (QED) is 0.659. The zero-order valence-electron chi connectivity index (χ0n) is 10.0. The van der Waals surface area contributed by atoms with Crippen LogP contribution in [0.4, 0.5) is 4.39 Å². The van der Waals surface area contributed by atoms with Crippen molar-refractivity contribution < 1.29 is 4.39 Å². The molecule has 0 bridgehead atoms. The van der Waals surface area contributed by atoms with Gasteiger partial charge in [-0.2, -0.15) is 0 Å². The molecule has 0 radical (unpaired) electrons. The molecule has 1 unspecified atom stereocenters. The van der Waals surface area contributed by atoms with Gasteiger partial charge in [0.1, 0.15) is 5.82 Å². The monoisotopic (exact) mass is 208 g/mol. The fraction of sp³-hybridized carbons (Fsp3) is 0.571. The highest BCUT2D eigenvalue weighted by atomic mass is 19.1. The van der Waals surface area contributed by atoms with Crippen LogP contribution in [0.25, 0.3) is 0 Å². The fourth-order valence-electron chi connectivity index (χ4n) is 2.06. The van der Waals surface area contributed by atoms with Gasteiger partial charge in [-0.1, -0.05) is 39.3 Å². The second-order valence-electron chi connectivity index (χ2n) is 4.10. The third-order valence-electron chi connectivity index (χ3n) is 3.06. The van der Waals surface area contributed by atoms with Crippen LogP contribution in [0.2, 0.25) is 0 Å². The number of hydrogen-bond donors (Lipinski definition) is 0. The van der Waals surface area contributed by atoms with Gasteiger partial charge in [0.25, 0.3) is 0 Å². The minimum Gasteiger partial charge on any atom is -0.207 e. The first-order valence-electron chi connectivity index (χ1n) is 6.01. The second kappa shape index (κ2) is 5.89. The van der Waals surface area contributed by atoms with E-state index < -0.39 is 0 Å². The smallest absolute Gasteiger partial charge is 0.126 e. The normalized spacial score (nSPS) is 12.8. The topological polar surface area (TPSA) is 0 Å². The van der Waals surface area contributed by atoms with Gasteiger partial charge in [0.05, 0.1) is 0 Å². The van der Waals surface area contributed by atoms with Crippen LogP contribution in [0.15, 0.2) is 18.2 Å². The molecule has 0 amide bonds. The van der Waals surface area contributed by atoms with E-state index >= 15 is 0 Å². The van der Waals surface area contributed by atoms with Crippen molar-refractivity contribution in [1.29, 1.82) is 0 Å².